The van der Waals surface area contributed by atoms with Gasteiger partial charge in [0.15, 0.2) is 11.6 Å². The first-order chi connectivity index (χ1) is 11.5. The summed E-state index contributed by atoms with van der Waals surface area (Å²) in [6.07, 6.45) is 1.77. The third-order valence-corrected chi connectivity index (χ3v) is 4.70. The van der Waals surface area contributed by atoms with Gasteiger partial charge in [0.2, 0.25) is 0 Å². The van der Waals surface area contributed by atoms with Crippen LogP contribution in [0.3, 0.4) is 0 Å². The zero-order valence-electron chi connectivity index (χ0n) is 12.9. The molecule has 0 bridgehead atoms. The third kappa shape index (κ3) is 2.69. The lowest BCUT2D eigenvalue weighted by Gasteiger charge is -2.24. The van der Waals surface area contributed by atoms with Gasteiger partial charge in [0, 0.05) is 18.2 Å². The van der Waals surface area contributed by atoms with Crippen LogP contribution in [0.15, 0.2) is 24.3 Å². The van der Waals surface area contributed by atoms with E-state index in [2.05, 4.69) is 10.2 Å². The van der Waals surface area contributed by atoms with Crippen LogP contribution in [0.2, 0.25) is 0 Å². The average Bonchev–Trinajstić information content (AvgIpc) is 3.16. The predicted molar refractivity (Wildman–Crippen MR) is 81.3 cm³/mol. The van der Waals surface area contributed by atoms with Crippen molar-refractivity contribution in [3.05, 3.63) is 52.9 Å². The zero-order chi connectivity index (χ0) is 16.8. The summed E-state index contributed by atoms with van der Waals surface area (Å²) in [5.74, 6) is -1.76. The summed E-state index contributed by atoms with van der Waals surface area (Å²) in [7, 11) is 0. The van der Waals surface area contributed by atoms with Gasteiger partial charge in [0.25, 0.3) is 5.91 Å². The number of amides is 1. The SMILES string of the molecule is O=C(c1cc(C2CC2)[nH]n1)N1C[C@@H](O)C[C@H]1c1ccc(F)c(F)c1. The second-order valence-corrected chi connectivity index (χ2v) is 6.52. The van der Waals surface area contributed by atoms with Crippen LogP contribution in [0.4, 0.5) is 8.78 Å². The number of hydrogen-bond acceptors (Lipinski definition) is 3. The van der Waals surface area contributed by atoms with Gasteiger partial charge in [-0.05, 0) is 43.0 Å². The summed E-state index contributed by atoms with van der Waals surface area (Å²) in [6, 6.07) is 4.81. The minimum Gasteiger partial charge on any atom is -0.391 e. The number of H-pyrrole nitrogens is 1. The maximum atomic E-state index is 13.5. The normalized spacial score (nSPS) is 23.7. The molecule has 2 aromatic rings. The molecule has 0 unspecified atom stereocenters. The molecule has 5 nitrogen and oxygen atoms in total. The number of nitrogens with zero attached hydrogens (tertiary/aromatic N) is 2. The Bertz CT molecular complexity index is 788. The first-order valence-corrected chi connectivity index (χ1v) is 8.02. The lowest BCUT2D eigenvalue weighted by Crippen LogP contribution is -2.32. The summed E-state index contributed by atoms with van der Waals surface area (Å²) < 4.78 is 26.7. The Labute approximate surface area is 137 Å². The van der Waals surface area contributed by atoms with Crippen LogP contribution in [-0.4, -0.2) is 38.8 Å². The number of halogens is 2. The Hall–Kier alpha value is -2.28. The molecule has 1 aromatic carbocycles. The molecular weight excluding hydrogens is 316 g/mol. The summed E-state index contributed by atoms with van der Waals surface area (Å²) in [5, 5.41) is 16.9. The third-order valence-electron chi connectivity index (χ3n) is 4.70. The van der Waals surface area contributed by atoms with Crippen LogP contribution in [0, 0.1) is 11.6 Å². The molecule has 1 saturated heterocycles. The van der Waals surface area contributed by atoms with E-state index in [9.17, 15) is 18.7 Å². The van der Waals surface area contributed by atoms with Crippen LogP contribution >= 0.6 is 0 Å². The maximum absolute atomic E-state index is 13.5. The van der Waals surface area contributed by atoms with Gasteiger partial charge < -0.3 is 10.0 Å². The van der Waals surface area contributed by atoms with E-state index in [1.807, 2.05) is 0 Å². The topological polar surface area (TPSA) is 69.2 Å². The molecular formula is C17H17F2N3O2. The number of aliphatic hydroxyl groups is 1. The quantitative estimate of drug-likeness (QED) is 0.907. The summed E-state index contributed by atoms with van der Waals surface area (Å²) >= 11 is 0. The van der Waals surface area contributed by atoms with Gasteiger partial charge in [-0.3, -0.25) is 9.89 Å². The number of nitrogens with one attached hydrogen (secondary N) is 1. The fraction of sp³-hybridized carbons (Fsp3) is 0.412. The molecule has 4 rings (SSSR count). The Morgan fingerprint density at radius 2 is 2.04 bits per heavy atom. The van der Waals surface area contributed by atoms with Crippen molar-refractivity contribution in [1.82, 2.24) is 15.1 Å². The predicted octanol–water partition coefficient (Wildman–Crippen LogP) is 2.51. The van der Waals surface area contributed by atoms with E-state index in [-0.39, 0.29) is 18.9 Å². The molecule has 1 aliphatic carbocycles. The van der Waals surface area contributed by atoms with E-state index in [4.69, 9.17) is 0 Å². The first-order valence-electron chi connectivity index (χ1n) is 8.02. The fourth-order valence-electron chi connectivity index (χ4n) is 3.27. The number of aromatic nitrogens is 2. The van der Waals surface area contributed by atoms with E-state index in [0.717, 1.165) is 30.7 Å². The second-order valence-electron chi connectivity index (χ2n) is 6.52. The molecule has 0 radical (unpaired) electrons. The van der Waals surface area contributed by atoms with E-state index >= 15 is 0 Å². The van der Waals surface area contributed by atoms with Crippen molar-refractivity contribution >= 4 is 5.91 Å². The molecule has 1 amide bonds. The minimum atomic E-state index is -0.961. The van der Waals surface area contributed by atoms with Crippen LogP contribution in [0.25, 0.3) is 0 Å². The molecule has 7 heteroatoms. The monoisotopic (exact) mass is 333 g/mol. The Balaban J connectivity index is 1.61. The number of benzene rings is 1. The molecule has 1 aliphatic heterocycles. The van der Waals surface area contributed by atoms with Crippen molar-refractivity contribution in [3.8, 4) is 0 Å². The zero-order valence-corrected chi connectivity index (χ0v) is 12.9. The number of carbonyl (C=O) groups excluding carboxylic acids is 1. The highest BCUT2D eigenvalue weighted by Crippen LogP contribution is 2.39. The Kier molecular flexibility index (Phi) is 3.60. The van der Waals surface area contributed by atoms with E-state index in [1.54, 1.807) is 6.07 Å². The van der Waals surface area contributed by atoms with Crippen LogP contribution in [0.5, 0.6) is 0 Å². The summed E-state index contributed by atoms with van der Waals surface area (Å²) in [5.41, 5.74) is 1.71. The van der Waals surface area contributed by atoms with E-state index in [1.165, 1.54) is 11.0 Å². The molecule has 2 heterocycles. The van der Waals surface area contributed by atoms with Gasteiger partial charge in [-0.25, -0.2) is 8.78 Å². The van der Waals surface area contributed by atoms with Gasteiger partial charge in [-0.15, -0.1) is 0 Å². The van der Waals surface area contributed by atoms with Crippen molar-refractivity contribution in [3.63, 3.8) is 0 Å². The van der Waals surface area contributed by atoms with Crippen molar-refractivity contribution in [2.45, 2.75) is 37.3 Å². The number of likely N-dealkylation sites (tertiary alicyclic amines) is 1. The van der Waals surface area contributed by atoms with Crippen molar-refractivity contribution in [1.29, 1.82) is 0 Å². The molecule has 24 heavy (non-hydrogen) atoms. The van der Waals surface area contributed by atoms with Gasteiger partial charge in [0.05, 0.1) is 12.1 Å². The Morgan fingerprint density at radius 3 is 2.75 bits per heavy atom. The van der Waals surface area contributed by atoms with Gasteiger partial charge in [-0.1, -0.05) is 6.07 Å². The number of rotatable bonds is 3. The van der Waals surface area contributed by atoms with Crippen molar-refractivity contribution < 1.29 is 18.7 Å². The molecule has 2 N–H and O–H groups in total. The first kappa shape index (κ1) is 15.3. The largest absolute Gasteiger partial charge is 0.391 e. The second kappa shape index (κ2) is 5.66. The lowest BCUT2D eigenvalue weighted by atomic mass is 10.0. The highest BCUT2D eigenvalue weighted by molar-refractivity contribution is 5.93. The highest BCUT2D eigenvalue weighted by atomic mass is 19.2. The summed E-state index contributed by atoms with van der Waals surface area (Å²) in [6.45, 7) is 0.147. The molecule has 0 spiro atoms. The van der Waals surface area contributed by atoms with Crippen LogP contribution in [-0.2, 0) is 0 Å². The van der Waals surface area contributed by atoms with Crippen LogP contribution in [0.1, 0.15) is 53.0 Å². The number of aliphatic hydroxyl groups excluding tert-OH is 1. The average molecular weight is 333 g/mol. The van der Waals surface area contributed by atoms with Gasteiger partial charge >= 0.3 is 0 Å². The van der Waals surface area contributed by atoms with Crippen molar-refractivity contribution in [2.75, 3.05) is 6.54 Å². The van der Waals surface area contributed by atoms with E-state index in [0.29, 0.717) is 17.2 Å². The number of aromatic amines is 1. The van der Waals surface area contributed by atoms with Gasteiger partial charge in [-0.2, -0.15) is 5.10 Å². The number of carbonyl (C=O) groups is 1. The van der Waals surface area contributed by atoms with Gasteiger partial charge in [0.1, 0.15) is 5.69 Å². The molecule has 2 atom stereocenters. The molecule has 2 fully saturated rings. The van der Waals surface area contributed by atoms with Crippen LogP contribution < -0.4 is 0 Å². The molecule has 1 saturated carbocycles. The molecule has 2 aliphatic rings. The number of hydrogen-bond donors (Lipinski definition) is 2. The molecule has 126 valence electrons. The standard InChI is InChI=1S/C17H17F2N3O2/c18-12-4-3-10(5-13(12)19)16-6-11(23)8-22(16)17(24)15-7-14(20-21-15)9-1-2-9/h3-5,7,9,11,16,23H,1-2,6,8H2,(H,20,21)/t11-,16-/m0/s1. The van der Waals surface area contributed by atoms with Crippen molar-refractivity contribution in [2.24, 2.45) is 0 Å². The minimum absolute atomic E-state index is 0.147. The number of β-amino-alcohol motifs (C(OH)–C–C–N with tert-alkyl or cyclic N) is 1. The highest BCUT2D eigenvalue weighted by Gasteiger charge is 2.37. The smallest absolute Gasteiger partial charge is 0.274 e. The molecule has 1 aromatic heterocycles. The van der Waals surface area contributed by atoms with E-state index < -0.39 is 23.8 Å². The lowest BCUT2D eigenvalue weighted by molar-refractivity contribution is 0.0709. The maximum Gasteiger partial charge on any atom is 0.274 e. The summed E-state index contributed by atoms with van der Waals surface area (Å²) in [4.78, 5) is 14.2. The fourth-order valence-corrected chi connectivity index (χ4v) is 3.27. The Morgan fingerprint density at radius 1 is 1.25 bits per heavy atom.